The van der Waals surface area contributed by atoms with Gasteiger partial charge in [0, 0.05) is 13.2 Å². The molecule has 0 unspecified atom stereocenters. The van der Waals surface area contributed by atoms with E-state index in [0.29, 0.717) is 30.2 Å². The number of carbonyl (C=O) groups excluding carboxylic acids is 2. The summed E-state index contributed by atoms with van der Waals surface area (Å²) in [6.07, 6.45) is 3.17. The van der Waals surface area contributed by atoms with Gasteiger partial charge in [-0.3, -0.25) is 9.59 Å². The normalized spacial score (nSPS) is 14.8. The van der Waals surface area contributed by atoms with E-state index >= 15 is 0 Å². The van der Waals surface area contributed by atoms with E-state index in [1.54, 1.807) is 12.1 Å². The molecule has 0 saturated carbocycles. The molecule has 2 aromatic heterocycles. The van der Waals surface area contributed by atoms with Crippen molar-refractivity contribution in [3.05, 3.63) is 35.7 Å². The molecule has 0 aromatic carbocycles. The van der Waals surface area contributed by atoms with Crippen LogP contribution in [0.4, 0.5) is 11.6 Å². The maximum atomic E-state index is 10.9. The van der Waals surface area contributed by atoms with E-state index in [9.17, 15) is 9.59 Å². The van der Waals surface area contributed by atoms with Gasteiger partial charge in [0.15, 0.2) is 53.4 Å². The van der Waals surface area contributed by atoms with Crippen LogP contribution in [0.3, 0.4) is 0 Å². The zero-order valence-corrected chi connectivity index (χ0v) is 17.4. The van der Waals surface area contributed by atoms with Gasteiger partial charge in [-0.1, -0.05) is 0 Å². The fourth-order valence-electron chi connectivity index (χ4n) is 2.70. The molecule has 0 radical (unpaired) electrons. The number of nitrogens with zero attached hydrogens (tertiary/aromatic N) is 2. The van der Waals surface area contributed by atoms with Gasteiger partial charge in [-0.15, -0.1) is 0 Å². The van der Waals surface area contributed by atoms with Crippen molar-refractivity contribution >= 4 is 41.2 Å². The van der Waals surface area contributed by atoms with Crippen molar-refractivity contribution in [1.29, 1.82) is 0 Å². The number of carbonyl (C=O) groups is 2. The van der Waals surface area contributed by atoms with Crippen LogP contribution < -0.4 is 39.0 Å². The smallest absolute Gasteiger partial charge is 1.00 e. The molecule has 2 aromatic rings. The minimum Gasteiger partial charge on any atom is -1.00 e. The van der Waals surface area contributed by atoms with Crippen LogP contribution in [-0.4, -0.2) is 77.6 Å². The fraction of sp³-hybridized carbons (Fsp3) is 0.400. The summed E-state index contributed by atoms with van der Waals surface area (Å²) in [5.74, 6) is 2.03. The van der Waals surface area contributed by atoms with Crippen molar-refractivity contribution in [2.75, 3.05) is 43.6 Å². The molecule has 1 amide bonds. The largest absolute Gasteiger partial charge is 1.00 e. The zero-order chi connectivity index (χ0) is 21.2. The Morgan fingerprint density at radius 3 is 2.41 bits per heavy atom. The summed E-state index contributed by atoms with van der Waals surface area (Å²) in [4.78, 5) is 29.2. The molecular formula is C20H28AlLiN4O6. The predicted molar refractivity (Wildman–Crippen MR) is 119 cm³/mol. The van der Waals surface area contributed by atoms with Crippen molar-refractivity contribution in [3.8, 4) is 11.5 Å². The van der Waals surface area contributed by atoms with Gasteiger partial charge in [0.05, 0.1) is 18.8 Å². The van der Waals surface area contributed by atoms with E-state index in [1.807, 2.05) is 6.07 Å². The second kappa shape index (κ2) is 14.9. The first-order valence-corrected chi connectivity index (χ1v) is 9.63. The Labute approximate surface area is 210 Å². The minimum atomic E-state index is -0.261. The first kappa shape index (κ1) is 27.9. The van der Waals surface area contributed by atoms with Crippen molar-refractivity contribution in [3.63, 3.8) is 0 Å². The number of nitrogens with one attached hydrogen (secondary N) is 2. The van der Waals surface area contributed by atoms with Gasteiger partial charge in [-0.05, 0) is 37.1 Å². The maximum Gasteiger partial charge on any atom is 1.00 e. The number of aromatic nitrogens is 2. The van der Waals surface area contributed by atoms with Crippen LogP contribution in [0.2, 0.25) is 0 Å². The summed E-state index contributed by atoms with van der Waals surface area (Å²) in [6, 6.07) is 6.71. The van der Waals surface area contributed by atoms with Crippen molar-refractivity contribution < 1.29 is 49.2 Å². The van der Waals surface area contributed by atoms with Crippen LogP contribution in [-0.2, 0) is 16.1 Å². The monoisotopic (exact) mass is 454 g/mol. The summed E-state index contributed by atoms with van der Waals surface area (Å²) in [5.41, 5.74) is 0.927. The SMILES string of the molecule is C1CCOC1.O=Cc1ccc2c(n1)NC(=O)CO2.OCc1ccc2c(n1)NCCO2.[AlH3].[H-].[Li+]. The number of fused-ring (bicyclic) bond motifs is 2. The molecule has 168 valence electrons. The molecule has 0 spiro atoms. The van der Waals surface area contributed by atoms with Gasteiger partial charge in [-0.25, -0.2) is 9.97 Å². The average Bonchev–Trinajstić information content (AvgIpc) is 3.39. The molecule has 3 aliphatic rings. The molecule has 0 bridgehead atoms. The molecule has 32 heavy (non-hydrogen) atoms. The number of aldehydes is 1. The third kappa shape index (κ3) is 8.44. The Morgan fingerprint density at radius 1 is 1.03 bits per heavy atom. The average molecular weight is 454 g/mol. The molecule has 5 rings (SSSR count). The number of pyridine rings is 2. The Kier molecular flexibility index (Phi) is 13.0. The van der Waals surface area contributed by atoms with Gasteiger partial charge in [0.25, 0.3) is 5.91 Å². The summed E-state index contributed by atoms with van der Waals surface area (Å²) in [7, 11) is 0. The van der Waals surface area contributed by atoms with Crippen molar-refractivity contribution in [1.82, 2.24) is 9.97 Å². The van der Waals surface area contributed by atoms with E-state index in [0.717, 1.165) is 31.3 Å². The van der Waals surface area contributed by atoms with Gasteiger partial charge in [-0.2, -0.15) is 0 Å². The number of amides is 1. The van der Waals surface area contributed by atoms with Crippen LogP contribution in [0.25, 0.3) is 0 Å². The molecule has 1 fully saturated rings. The molecule has 12 heteroatoms. The molecule has 3 N–H and O–H groups in total. The number of hydrogen-bond acceptors (Lipinski definition) is 9. The summed E-state index contributed by atoms with van der Waals surface area (Å²) in [6.45, 7) is 3.41. The standard InChI is InChI=1S/C8H6N2O3.C8H10N2O2.C4H8O.Al.Li.4H/c11-3-5-1-2-6-8(9-5)10-7(12)4-13-6;11-5-6-1-2-7-8(10-6)9-3-4-12-7;1-2-4-5-3-1;;;;;;/h1-3H,4H2,(H,9,10,12);1-2,11H,3-5H2,(H,9,10);1-4H2;;;;;;/q;;;;+1;;;;-1. The van der Waals surface area contributed by atoms with Crippen LogP contribution in [0.5, 0.6) is 11.5 Å². The Balaban J connectivity index is 0.000000479. The predicted octanol–water partition coefficient (Wildman–Crippen LogP) is -2.67. The molecule has 0 atom stereocenters. The Bertz CT molecular complexity index is 884. The zero-order valence-electron chi connectivity index (χ0n) is 18.4. The van der Waals surface area contributed by atoms with Gasteiger partial charge in [0.1, 0.15) is 12.3 Å². The molecule has 0 aliphatic carbocycles. The van der Waals surface area contributed by atoms with E-state index in [2.05, 4.69) is 20.6 Å². The summed E-state index contributed by atoms with van der Waals surface area (Å²) in [5, 5.41) is 14.4. The third-order valence-corrected chi connectivity index (χ3v) is 4.17. The number of anilines is 2. The number of aliphatic hydroxyl groups is 1. The van der Waals surface area contributed by atoms with Crippen molar-refractivity contribution in [2.24, 2.45) is 0 Å². The van der Waals surface area contributed by atoms with Gasteiger partial charge >= 0.3 is 18.9 Å². The first-order valence-electron chi connectivity index (χ1n) is 9.63. The molecular weight excluding hydrogens is 426 g/mol. The minimum absolute atomic E-state index is 0. The van der Waals surface area contributed by atoms with E-state index < -0.39 is 0 Å². The van der Waals surface area contributed by atoms with Crippen LogP contribution in [0, 0.1) is 0 Å². The topological polar surface area (TPSA) is 132 Å². The quantitative estimate of drug-likeness (QED) is 0.328. The van der Waals surface area contributed by atoms with Crippen LogP contribution in [0.1, 0.15) is 30.5 Å². The summed E-state index contributed by atoms with van der Waals surface area (Å²) < 4.78 is 15.3. The molecule has 1 saturated heterocycles. The second-order valence-corrected chi connectivity index (χ2v) is 6.44. The van der Waals surface area contributed by atoms with E-state index in [-0.39, 0.29) is 62.5 Å². The number of ether oxygens (including phenoxy) is 3. The second-order valence-electron chi connectivity index (χ2n) is 6.44. The summed E-state index contributed by atoms with van der Waals surface area (Å²) >= 11 is 0. The third-order valence-electron chi connectivity index (χ3n) is 4.17. The fourth-order valence-corrected chi connectivity index (χ4v) is 2.70. The van der Waals surface area contributed by atoms with Crippen LogP contribution in [0.15, 0.2) is 24.3 Å². The molecule has 5 heterocycles. The van der Waals surface area contributed by atoms with Gasteiger partial charge < -0.3 is 31.4 Å². The van der Waals surface area contributed by atoms with Gasteiger partial charge in [0.2, 0.25) is 0 Å². The van der Waals surface area contributed by atoms with Crippen molar-refractivity contribution in [2.45, 2.75) is 19.4 Å². The Morgan fingerprint density at radius 2 is 1.75 bits per heavy atom. The Hall–Kier alpha value is -2.11. The van der Waals surface area contributed by atoms with Crippen LogP contribution >= 0.6 is 0 Å². The first-order chi connectivity index (χ1) is 14.7. The molecule has 3 aliphatic heterocycles. The number of rotatable bonds is 2. The molecule has 10 nitrogen and oxygen atoms in total. The van der Waals surface area contributed by atoms with E-state index in [4.69, 9.17) is 19.3 Å². The number of hydrogen-bond donors (Lipinski definition) is 3. The van der Waals surface area contributed by atoms with E-state index in [1.165, 1.54) is 18.9 Å². The maximum absolute atomic E-state index is 10.9. The number of aliphatic hydroxyl groups excluding tert-OH is 1.